The van der Waals surface area contributed by atoms with Gasteiger partial charge in [0.25, 0.3) is 0 Å². The van der Waals surface area contributed by atoms with Gasteiger partial charge in [-0.2, -0.15) is 0 Å². The molecule has 1 saturated heterocycles. The van der Waals surface area contributed by atoms with Gasteiger partial charge in [-0.15, -0.1) is 11.3 Å². The minimum absolute atomic E-state index is 0.0889. The summed E-state index contributed by atoms with van der Waals surface area (Å²) in [5, 5.41) is 1.27. The van der Waals surface area contributed by atoms with Gasteiger partial charge in [0.05, 0.1) is 19.3 Å². The van der Waals surface area contributed by atoms with Gasteiger partial charge in [-0.1, -0.05) is 6.92 Å². The summed E-state index contributed by atoms with van der Waals surface area (Å²) in [6.07, 6.45) is 0.280. The Bertz CT molecular complexity index is 460. The van der Waals surface area contributed by atoms with E-state index < -0.39 is 5.97 Å². The molecule has 2 N–H and O–H groups in total. The second kappa shape index (κ2) is 4.85. The van der Waals surface area contributed by atoms with Crippen LogP contribution < -0.4 is 5.73 Å². The van der Waals surface area contributed by atoms with E-state index in [2.05, 4.69) is 23.6 Å². The number of methoxy groups -OCH3 is 1. The molecule has 0 saturated carbocycles. The van der Waals surface area contributed by atoms with Crippen molar-refractivity contribution < 1.29 is 14.3 Å². The number of aromatic nitrogens is 1. The molecule has 1 aliphatic rings. The molecule has 0 radical (unpaired) electrons. The van der Waals surface area contributed by atoms with Crippen molar-refractivity contribution in [3.05, 3.63) is 10.7 Å². The second-order valence-electron chi connectivity index (χ2n) is 4.69. The molecule has 100 valence electrons. The average Bonchev–Trinajstić information content (AvgIpc) is 2.80. The first-order chi connectivity index (χ1) is 8.45. The summed E-state index contributed by atoms with van der Waals surface area (Å²) in [6, 6.07) is 0. The van der Waals surface area contributed by atoms with E-state index in [-0.39, 0.29) is 23.8 Å². The second-order valence-corrected chi connectivity index (χ2v) is 5.75. The fourth-order valence-corrected chi connectivity index (χ4v) is 3.56. The molecule has 0 bridgehead atoms. The summed E-state index contributed by atoms with van der Waals surface area (Å²) < 4.78 is 10.4. The van der Waals surface area contributed by atoms with E-state index in [4.69, 9.17) is 10.5 Å². The van der Waals surface area contributed by atoms with Gasteiger partial charge in [0, 0.05) is 5.92 Å². The molecule has 6 heteroatoms. The lowest BCUT2D eigenvalue weighted by Crippen LogP contribution is -2.15. The first kappa shape index (κ1) is 13.3. The van der Waals surface area contributed by atoms with Crippen molar-refractivity contribution in [2.24, 2.45) is 5.92 Å². The number of hydrogen-bond donors (Lipinski definition) is 1. The number of rotatable bonds is 2. The SMILES string of the molecule is COC(=O)c1nc(C2C(C)OC(C)C2C)sc1N. The molecule has 5 nitrogen and oxygen atoms in total. The van der Waals surface area contributed by atoms with Gasteiger partial charge in [-0.25, -0.2) is 9.78 Å². The summed E-state index contributed by atoms with van der Waals surface area (Å²) in [7, 11) is 1.33. The van der Waals surface area contributed by atoms with E-state index in [1.807, 2.05) is 6.92 Å². The molecular formula is C12H18N2O3S. The molecular weight excluding hydrogens is 252 g/mol. The summed E-state index contributed by atoms with van der Waals surface area (Å²) >= 11 is 1.35. The van der Waals surface area contributed by atoms with E-state index in [9.17, 15) is 4.79 Å². The van der Waals surface area contributed by atoms with Crippen LogP contribution in [-0.2, 0) is 9.47 Å². The zero-order chi connectivity index (χ0) is 13.4. The topological polar surface area (TPSA) is 74.4 Å². The van der Waals surface area contributed by atoms with Gasteiger partial charge < -0.3 is 15.2 Å². The van der Waals surface area contributed by atoms with Crippen molar-refractivity contribution >= 4 is 22.3 Å². The van der Waals surface area contributed by atoms with E-state index in [1.165, 1.54) is 18.4 Å². The zero-order valence-electron chi connectivity index (χ0n) is 11.0. The third-order valence-electron chi connectivity index (χ3n) is 3.58. The van der Waals surface area contributed by atoms with Crippen molar-refractivity contribution in [2.45, 2.75) is 38.9 Å². The molecule has 1 aliphatic heterocycles. The predicted molar refractivity (Wildman–Crippen MR) is 69.8 cm³/mol. The number of nitrogen functional groups attached to an aromatic ring is 1. The van der Waals surface area contributed by atoms with Crippen molar-refractivity contribution in [1.82, 2.24) is 4.98 Å². The summed E-state index contributed by atoms with van der Waals surface area (Å²) in [6.45, 7) is 6.22. The minimum atomic E-state index is -0.484. The Labute approximate surface area is 110 Å². The van der Waals surface area contributed by atoms with Crippen LogP contribution in [0.3, 0.4) is 0 Å². The number of nitrogens with two attached hydrogens (primary N) is 1. The standard InChI is InChI=1S/C12H18N2O3S/c1-5-6(2)17-7(3)8(5)11-14-9(10(13)18-11)12(15)16-4/h5-8H,13H2,1-4H3. The maximum Gasteiger partial charge on any atom is 0.359 e. The number of carbonyl (C=O) groups is 1. The maximum atomic E-state index is 11.5. The largest absolute Gasteiger partial charge is 0.464 e. The molecule has 0 aliphatic carbocycles. The van der Waals surface area contributed by atoms with Crippen LogP contribution in [0, 0.1) is 5.92 Å². The van der Waals surface area contributed by atoms with Crippen molar-refractivity contribution in [3.8, 4) is 0 Å². The first-order valence-electron chi connectivity index (χ1n) is 5.95. The molecule has 1 aromatic heterocycles. The lowest BCUT2D eigenvalue weighted by atomic mass is 9.90. The summed E-state index contributed by atoms with van der Waals surface area (Å²) in [5.41, 5.74) is 6.04. The third kappa shape index (κ3) is 2.10. The van der Waals surface area contributed by atoms with Gasteiger partial charge >= 0.3 is 5.97 Å². The van der Waals surface area contributed by atoms with Crippen LogP contribution >= 0.6 is 11.3 Å². The Balaban J connectivity index is 2.32. The summed E-state index contributed by atoms with van der Waals surface area (Å²) in [4.78, 5) is 15.8. The lowest BCUT2D eigenvalue weighted by molar-refractivity contribution is 0.0553. The number of ether oxygens (including phenoxy) is 2. The molecule has 0 spiro atoms. The monoisotopic (exact) mass is 270 g/mol. The molecule has 0 aromatic carbocycles. The van der Waals surface area contributed by atoms with Gasteiger partial charge in [-0.3, -0.25) is 0 Å². The highest BCUT2D eigenvalue weighted by molar-refractivity contribution is 7.16. The molecule has 4 unspecified atom stereocenters. The van der Waals surface area contributed by atoms with Gasteiger partial charge in [-0.05, 0) is 19.8 Å². The molecule has 0 amide bonds. The Hall–Kier alpha value is -1.14. The van der Waals surface area contributed by atoms with Crippen LogP contribution in [0.4, 0.5) is 5.00 Å². The lowest BCUT2D eigenvalue weighted by Gasteiger charge is -2.14. The number of esters is 1. The van der Waals surface area contributed by atoms with Crippen LogP contribution in [-0.4, -0.2) is 30.3 Å². The minimum Gasteiger partial charge on any atom is -0.464 e. The normalized spacial score (nSPS) is 31.6. The van der Waals surface area contributed by atoms with E-state index in [0.29, 0.717) is 10.9 Å². The highest BCUT2D eigenvalue weighted by atomic mass is 32.1. The molecule has 18 heavy (non-hydrogen) atoms. The van der Waals surface area contributed by atoms with Gasteiger partial charge in [0.15, 0.2) is 5.69 Å². The Morgan fingerprint density at radius 3 is 2.56 bits per heavy atom. The quantitative estimate of drug-likeness (QED) is 0.832. The number of carbonyl (C=O) groups excluding carboxylic acids is 1. The molecule has 2 heterocycles. The fraction of sp³-hybridized carbons (Fsp3) is 0.667. The van der Waals surface area contributed by atoms with E-state index in [1.54, 1.807) is 0 Å². The molecule has 4 atom stereocenters. The van der Waals surface area contributed by atoms with Crippen molar-refractivity contribution in [2.75, 3.05) is 12.8 Å². The number of thiazole rings is 1. The van der Waals surface area contributed by atoms with E-state index in [0.717, 1.165) is 5.01 Å². The van der Waals surface area contributed by atoms with Crippen LogP contribution in [0.1, 0.15) is 42.2 Å². The Morgan fingerprint density at radius 2 is 2.06 bits per heavy atom. The van der Waals surface area contributed by atoms with Crippen LogP contribution in [0.25, 0.3) is 0 Å². The molecule has 1 fully saturated rings. The van der Waals surface area contributed by atoms with Crippen molar-refractivity contribution in [1.29, 1.82) is 0 Å². The first-order valence-corrected chi connectivity index (χ1v) is 6.77. The van der Waals surface area contributed by atoms with E-state index >= 15 is 0 Å². The average molecular weight is 270 g/mol. The number of hydrogen-bond acceptors (Lipinski definition) is 6. The number of nitrogens with zero attached hydrogens (tertiary/aromatic N) is 1. The number of anilines is 1. The van der Waals surface area contributed by atoms with Crippen LogP contribution in [0.15, 0.2) is 0 Å². The smallest absolute Gasteiger partial charge is 0.359 e. The Kier molecular flexibility index (Phi) is 3.59. The Morgan fingerprint density at radius 1 is 1.39 bits per heavy atom. The fourth-order valence-electron chi connectivity index (χ4n) is 2.43. The highest BCUT2D eigenvalue weighted by Gasteiger charge is 2.40. The van der Waals surface area contributed by atoms with Gasteiger partial charge in [0.1, 0.15) is 10.0 Å². The predicted octanol–water partition coefficient (Wildman–Crippen LogP) is 2.04. The van der Waals surface area contributed by atoms with Crippen LogP contribution in [0.5, 0.6) is 0 Å². The highest BCUT2D eigenvalue weighted by Crippen LogP contribution is 2.42. The molecule has 1 aromatic rings. The summed E-state index contributed by atoms with van der Waals surface area (Å²) in [5.74, 6) is 0.0593. The third-order valence-corrected chi connectivity index (χ3v) is 4.56. The van der Waals surface area contributed by atoms with Gasteiger partial charge in [0.2, 0.25) is 0 Å². The van der Waals surface area contributed by atoms with Crippen LogP contribution in [0.2, 0.25) is 0 Å². The maximum absolute atomic E-state index is 11.5. The zero-order valence-corrected chi connectivity index (χ0v) is 11.8. The molecule has 2 rings (SSSR count). The van der Waals surface area contributed by atoms with Crippen molar-refractivity contribution in [3.63, 3.8) is 0 Å².